The average Bonchev–Trinajstić information content (AvgIpc) is 3.10. The van der Waals surface area contributed by atoms with E-state index in [1.165, 1.54) is 5.56 Å². The van der Waals surface area contributed by atoms with Crippen molar-refractivity contribution < 1.29 is 9.53 Å². The van der Waals surface area contributed by atoms with Crippen LogP contribution in [0.5, 0.6) is 0 Å². The SMILES string of the molecule is CCOC1=CC=C(C=O)C2C1=N[C@]1(C)NCC(Cc3ccccc3)C21. The molecule has 25 heavy (non-hydrogen) atoms. The highest BCUT2D eigenvalue weighted by atomic mass is 16.5. The van der Waals surface area contributed by atoms with Crippen LogP contribution in [0.25, 0.3) is 0 Å². The second-order valence-electron chi connectivity index (χ2n) is 7.23. The molecule has 2 aliphatic heterocycles. The van der Waals surface area contributed by atoms with Crippen LogP contribution in [0.1, 0.15) is 19.4 Å². The van der Waals surface area contributed by atoms with E-state index in [-0.39, 0.29) is 17.5 Å². The molecule has 0 saturated carbocycles. The maximum absolute atomic E-state index is 11.7. The van der Waals surface area contributed by atoms with Gasteiger partial charge in [-0.1, -0.05) is 36.4 Å². The zero-order chi connectivity index (χ0) is 17.4. The van der Waals surface area contributed by atoms with Gasteiger partial charge in [0.15, 0.2) is 0 Å². The van der Waals surface area contributed by atoms with E-state index < -0.39 is 0 Å². The maximum Gasteiger partial charge on any atom is 0.146 e. The molecule has 0 aromatic heterocycles. The van der Waals surface area contributed by atoms with E-state index >= 15 is 0 Å². The number of nitrogens with zero attached hydrogens (tertiary/aromatic N) is 1. The van der Waals surface area contributed by atoms with Gasteiger partial charge in [0.05, 0.1) is 12.3 Å². The molecule has 130 valence electrons. The molecule has 4 rings (SSSR count). The molecule has 1 aromatic rings. The monoisotopic (exact) mass is 336 g/mol. The highest BCUT2D eigenvalue weighted by Crippen LogP contribution is 2.49. The molecule has 3 aliphatic rings. The van der Waals surface area contributed by atoms with Crippen LogP contribution in [0.4, 0.5) is 0 Å². The average molecular weight is 336 g/mol. The molecule has 4 heteroatoms. The quantitative estimate of drug-likeness (QED) is 0.841. The Labute approximate surface area is 148 Å². The minimum atomic E-state index is -0.331. The van der Waals surface area contributed by atoms with Crippen molar-refractivity contribution in [3.63, 3.8) is 0 Å². The van der Waals surface area contributed by atoms with E-state index in [2.05, 4.69) is 36.5 Å². The van der Waals surface area contributed by atoms with Gasteiger partial charge in [0.1, 0.15) is 17.7 Å². The molecular weight excluding hydrogens is 312 g/mol. The number of ether oxygens (including phenoxy) is 1. The Morgan fingerprint density at radius 2 is 2.12 bits per heavy atom. The molecular formula is C21H24N2O2. The first-order valence-electron chi connectivity index (χ1n) is 9.05. The van der Waals surface area contributed by atoms with Crippen LogP contribution < -0.4 is 5.32 Å². The van der Waals surface area contributed by atoms with Crippen LogP contribution in [0.2, 0.25) is 0 Å². The van der Waals surface area contributed by atoms with Crippen LogP contribution in [-0.4, -0.2) is 30.8 Å². The fourth-order valence-electron chi connectivity index (χ4n) is 4.68. The van der Waals surface area contributed by atoms with Crippen molar-refractivity contribution in [3.8, 4) is 0 Å². The van der Waals surface area contributed by atoms with Gasteiger partial charge in [-0.05, 0) is 37.8 Å². The number of carbonyl (C=O) groups is 1. The van der Waals surface area contributed by atoms with Gasteiger partial charge in [-0.3, -0.25) is 15.1 Å². The smallest absolute Gasteiger partial charge is 0.146 e. The number of benzene rings is 1. The summed E-state index contributed by atoms with van der Waals surface area (Å²) in [6.07, 6.45) is 5.78. The van der Waals surface area contributed by atoms with E-state index in [0.29, 0.717) is 12.5 Å². The van der Waals surface area contributed by atoms with Crippen molar-refractivity contribution in [2.45, 2.75) is 25.9 Å². The summed E-state index contributed by atoms with van der Waals surface area (Å²) in [7, 11) is 0. The molecule has 1 aliphatic carbocycles. The number of allylic oxidation sites excluding steroid dienone is 4. The van der Waals surface area contributed by atoms with Gasteiger partial charge in [-0.15, -0.1) is 0 Å². The normalized spacial score (nSPS) is 33.0. The van der Waals surface area contributed by atoms with Crippen LogP contribution >= 0.6 is 0 Å². The zero-order valence-electron chi connectivity index (χ0n) is 14.7. The van der Waals surface area contributed by atoms with Gasteiger partial charge < -0.3 is 4.74 Å². The second kappa shape index (κ2) is 6.26. The molecule has 4 nitrogen and oxygen atoms in total. The molecule has 2 heterocycles. The third-order valence-electron chi connectivity index (χ3n) is 5.70. The topological polar surface area (TPSA) is 50.7 Å². The molecule has 1 N–H and O–H groups in total. The van der Waals surface area contributed by atoms with Crippen molar-refractivity contribution in [2.24, 2.45) is 22.7 Å². The van der Waals surface area contributed by atoms with Crippen molar-refractivity contribution in [2.75, 3.05) is 13.2 Å². The van der Waals surface area contributed by atoms with Gasteiger partial charge in [0.2, 0.25) is 0 Å². The van der Waals surface area contributed by atoms with Crippen LogP contribution in [0.3, 0.4) is 0 Å². The lowest BCUT2D eigenvalue weighted by Crippen LogP contribution is -2.40. The number of rotatable bonds is 5. The molecule has 0 amide bonds. The first kappa shape index (κ1) is 16.3. The molecule has 3 unspecified atom stereocenters. The Hall–Kier alpha value is -2.20. The summed E-state index contributed by atoms with van der Waals surface area (Å²) in [5.41, 5.74) is 2.75. The van der Waals surface area contributed by atoms with Crippen molar-refractivity contribution in [1.29, 1.82) is 0 Å². The molecule has 1 fully saturated rings. The van der Waals surface area contributed by atoms with Crippen LogP contribution in [0, 0.1) is 17.8 Å². The van der Waals surface area contributed by atoms with Crippen LogP contribution in [0.15, 0.2) is 58.8 Å². The lowest BCUT2D eigenvalue weighted by molar-refractivity contribution is -0.105. The number of fused-ring (bicyclic) bond motifs is 3. The lowest BCUT2D eigenvalue weighted by atomic mass is 9.71. The molecule has 0 bridgehead atoms. The summed E-state index contributed by atoms with van der Waals surface area (Å²) in [5.74, 6) is 1.54. The van der Waals surface area contributed by atoms with Crippen molar-refractivity contribution in [3.05, 3.63) is 59.4 Å². The number of hydrogen-bond donors (Lipinski definition) is 1. The summed E-state index contributed by atoms with van der Waals surface area (Å²) in [5, 5.41) is 3.62. The molecule has 4 atom stereocenters. The highest BCUT2D eigenvalue weighted by molar-refractivity contribution is 6.08. The van der Waals surface area contributed by atoms with Crippen molar-refractivity contribution >= 4 is 12.0 Å². The van der Waals surface area contributed by atoms with E-state index in [0.717, 1.165) is 36.3 Å². The fourth-order valence-corrected chi connectivity index (χ4v) is 4.68. The first-order chi connectivity index (χ1) is 12.2. The van der Waals surface area contributed by atoms with Gasteiger partial charge in [0, 0.05) is 24.0 Å². The van der Waals surface area contributed by atoms with Gasteiger partial charge in [-0.25, -0.2) is 0 Å². The maximum atomic E-state index is 11.7. The van der Waals surface area contributed by atoms with E-state index in [9.17, 15) is 4.79 Å². The summed E-state index contributed by atoms with van der Waals surface area (Å²) in [4.78, 5) is 16.7. The van der Waals surface area contributed by atoms with Crippen LogP contribution in [-0.2, 0) is 16.0 Å². The third-order valence-corrected chi connectivity index (χ3v) is 5.70. The van der Waals surface area contributed by atoms with Gasteiger partial charge >= 0.3 is 0 Å². The highest BCUT2D eigenvalue weighted by Gasteiger charge is 2.56. The van der Waals surface area contributed by atoms with E-state index in [1.54, 1.807) is 0 Å². The summed E-state index contributed by atoms with van der Waals surface area (Å²) < 4.78 is 5.80. The largest absolute Gasteiger partial charge is 0.492 e. The predicted molar refractivity (Wildman–Crippen MR) is 98.3 cm³/mol. The van der Waals surface area contributed by atoms with Gasteiger partial charge in [0.25, 0.3) is 0 Å². The molecule has 0 spiro atoms. The fraction of sp³-hybridized carbons (Fsp3) is 0.429. The zero-order valence-corrected chi connectivity index (χ0v) is 14.7. The van der Waals surface area contributed by atoms with Gasteiger partial charge in [-0.2, -0.15) is 0 Å². The minimum absolute atomic E-state index is 0.0257. The third kappa shape index (κ3) is 2.65. The first-order valence-corrected chi connectivity index (χ1v) is 9.05. The molecule has 1 saturated heterocycles. The Morgan fingerprint density at radius 3 is 2.84 bits per heavy atom. The number of aldehydes is 1. The Balaban J connectivity index is 1.68. The Morgan fingerprint density at radius 1 is 1.32 bits per heavy atom. The summed E-state index contributed by atoms with van der Waals surface area (Å²) in [6, 6.07) is 10.6. The standard InChI is InChI=1S/C21H24N2O2/c1-3-25-17-10-9-15(13-24)18-19-16(11-14-7-5-4-6-8-14)12-22-21(19,2)23-20(17)18/h4-10,13,16,18-19,22H,3,11-12H2,1-2H3/t16?,18?,19?,21-/m0/s1. The summed E-state index contributed by atoms with van der Waals surface area (Å²) in [6.45, 7) is 5.65. The molecule has 0 radical (unpaired) electrons. The predicted octanol–water partition coefficient (Wildman–Crippen LogP) is 2.91. The number of nitrogens with one attached hydrogen (secondary N) is 1. The number of hydrogen-bond acceptors (Lipinski definition) is 4. The Kier molecular flexibility index (Phi) is 4.08. The second-order valence-corrected chi connectivity index (χ2v) is 7.23. The lowest BCUT2D eigenvalue weighted by Gasteiger charge is -2.31. The Bertz CT molecular complexity index is 765. The summed E-state index contributed by atoms with van der Waals surface area (Å²) >= 11 is 0. The number of carbonyl (C=O) groups excluding carboxylic acids is 1. The van der Waals surface area contributed by atoms with E-state index in [1.807, 2.05) is 25.1 Å². The minimum Gasteiger partial charge on any atom is -0.492 e. The molecule has 1 aromatic carbocycles. The van der Waals surface area contributed by atoms with E-state index in [4.69, 9.17) is 9.73 Å². The number of aliphatic imine (C=N–C) groups is 1. The van der Waals surface area contributed by atoms with Crippen molar-refractivity contribution in [1.82, 2.24) is 5.32 Å².